The third-order valence-corrected chi connectivity index (χ3v) is 2.50. The lowest BCUT2D eigenvalue weighted by atomic mass is 10.1. The standard InChI is InChI=1S/C12H15Cl2FN4O/c1-12(2,3)19-11(20)18-10(16)17-9-7(14)4-6(13)5-8(9)15/h4-5H,1-3H3,(H4,16,17,18,19,20). The van der Waals surface area contributed by atoms with Crippen LogP contribution in [0, 0.1) is 11.2 Å². The van der Waals surface area contributed by atoms with Crippen molar-refractivity contribution in [3.05, 3.63) is 28.0 Å². The van der Waals surface area contributed by atoms with Crippen molar-refractivity contribution in [1.29, 1.82) is 5.41 Å². The number of hydrogen-bond acceptors (Lipinski definition) is 2. The van der Waals surface area contributed by atoms with Crippen LogP contribution in [0.5, 0.6) is 0 Å². The Balaban J connectivity index is 2.70. The van der Waals surface area contributed by atoms with E-state index in [1.165, 1.54) is 6.07 Å². The molecule has 2 amide bonds. The molecule has 0 aliphatic heterocycles. The Morgan fingerprint density at radius 3 is 2.40 bits per heavy atom. The van der Waals surface area contributed by atoms with Crippen molar-refractivity contribution in [1.82, 2.24) is 10.6 Å². The molecule has 1 rings (SSSR count). The van der Waals surface area contributed by atoms with Crippen molar-refractivity contribution < 1.29 is 9.18 Å². The summed E-state index contributed by atoms with van der Waals surface area (Å²) in [5.74, 6) is -1.12. The van der Waals surface area contributed by atoms with E-state index < -0.39 is 23.3 Å². The number of halogens is 3. The summed E-state index contributed by atoms with van der Waals surface area (Å²) >= 11 is 11.4. The molecule has 1 aromatic rings. The molecule has 0 atom stereocenters. The van der Waals surface area contributed by atoms with E-state index in [0.717, 1.165) is 6.07 Å². The summed E-state index contributed by atoms with van der Waals surface area (Å²) < 4.78 is 13.6. The zero-order chi connectivity index (χ0) is 15.5. The van der Waals surface area contributed by atoms with Crippen LogP contribution in [0.4, 0.5) is 14.9 Å². The highest BCUT2D eigenvalue weighted by molar-refractivity contribution is 6.36. The van der Waals surface area contributed by atoms with Crippen LogP contribution in [0.25, 0.3) is 0 Å². The van der Waals surface area contributed by atoms with Crippen molar-refractivity contribution >= 4 is 40.9 Å². The Morgan fingerprint density at radius 1 is 1.30 bits per heavy atom. The third-order valence-electron chi connectivity index (χ3n) is 1.98. The van der Waals surface area contributed by atoms with Crippen molar-refractivity contribution in [2.75, 3.05) is 5.32 Å². The van der Waals surface area contributed by atoms with Crippen LogP contribution >= 0.6 is 23.2 Å². The number of amides is 2. The van der Waals surface area contributed by atoms with Crippen LogP contribution in [0.15, 0.2) is 12.1 Å². The van der Waals surface area contributed by atoms with Crippen molar-refractivity contribution in [2.24, 2.45) is 0 Å². The summed E-state index contributed by atoms with van der Waals surface area (Å²) in [6.45, 7) is 5.37. The van der Waals surface area contributed by atoms with E-state index in [9.17, 15) is 9.18 Å². The van der Waals surface area contributed by atoms with Crippen LogP contribution < -0.4 is 16.0 Å². The Morgan fingerprint density at radius 2 is 1.90 bits per heavy atom. The molecule has 0 saturated heterocycles. The number of carbonyl (C=O) groups excluding carboxylic acids is 1. The van der Waals surface area contributed by atoms with Crippen molar-refractivity contribution in [2.45, 2.75) is 26.3 Å². The smallest absolute Gasteiger partial charge is 0.321 e. The molecular weight excluding hydrogens is 306 g/mol. The van der Waals surface area contributed by atoms with Crippen LogP contribution in [0.3, 0.4) is 0 Å². The maximum absolute atomic E-state index is 13.6. The maximum atomic E-state index is 13.6. The lowest BCUT2D eigenvalue weighted by Crippen LogP contribution is -2.49. The van der Waals surface area contributed by atoms with Crippen LogP contribution in [-0.2, 0) is 0 Å². The predicted molar refractivity (Wildman–Crippen MR) is 79.2 cm³/mol. The second-order valence-electron chi connectivity index (χ2n) is 5.07. The molecule has 0 aliphatic carbocycles. The average molecular weight is 321 g/mol. The number of rotatable bonds is 1. The molecular formula is C12H15Cl2FN4O. The number of carbonyl (C=O) groups is 1. The van der Waals surface area contributed by atoms with Crippen LogP contribution in [0.1, 0.15) is 20.8 Å². The molecule has 0 aromatic heterocycles. The number of guanidine groups is 1. The highest BCUT2D eigenvalue weighted by Crippen LogP contribution is 2.28. The van der Waals surface area contributed by atoms with E-state index in [0.29, 0.717) is 0 Å². The van der Waals surface area contributed by atoms with Crippen LogP contribution in [0.2, 0.25) is 10.0 Å². The lowest BCUT2D eigenvalue weighted by molar-refractivity contribution is 0.236. The molecule has 4 N–H and O–H groups in total. The van der Waals surface area contributed by atoms with Gasteiger partial charge in [0.2, 0.25) is 5.96 Å². The molecule has 0 spiro atoms. The van der Waals surface area contributed by atoms with Crippen LogP contribution in [-0.4, -0.2) is 17.5 Å². The van der Waals surface area contributed by atoms with E-state index in [1.807, 2.05) is 0 Å². The van der Waals surface area contributed by atoms with E-state index in [4.69, 9.17) is 28.6 Å². The largest absolute Gasteiger partial charge is 0.333 e. The highest BCUT2D eigenvalue weighted by atomic mass is 35.5. The number of benzene rings is 1. The third kappa shape index (κ3) is 5.22. The summed E-state index contributed by atoms with van der Waals surface area (Å²) in [4.78, 5) is 11.5. The summed E-state index contributed by atoms with van der Waals surface area (Å²) in [6.07, 6.45) is 0. The topological polar surface area (TPSA) is 77.0 Å². The minimum absolute atomic E-state index is 0.0118. The second kappa shape index (κ2) is 6.28. The van der Waals surface area contributed by atoms with E-state index >= 15 is 0 Å². The van der Waals surface area contributed by atoms with Gasteiger partial charge in [-0.25, -0.2) is 9.18 Å². The first-order valence-electron chi connectivity index (χ1n) is 5.68. The zero-order valence-electron chi connectivity index (χ0n) is 11.2. The molecule has 0 saturated carbocycles. The maximum Gasteiger partial charge on any atom is 0.321 e. The minimum atomic E-state index is -0.717. The first-order chi connectivity index (χ1) is 9.08. The number of hydrogen-bond donors (Lipinski definition) is 4. The normalized spacial score (nSPS) is 10.9. The summed E-state index contributed by atoms with van der Waals surface area (Å²) in [5, 5.41) is 14.9. The molecule has 1 aromatic carbocycles. The Kier molecular flexibility index (Phi) is 5.19. The SMILES string of the molecule is CC(C)(C)NC(=O)NC(=N)Nc1c(F)cc(Cl)cc1Cl. The zero-order valence-corrected chi connectivity index (χ0v) is 12.7. The summed E-state index contributed by atoms with van der Waals surface area (Å²) in [6, 6.07) is 1.80. The predicted octanol–water partition coefficient (Wildman–Crippen LogP) is 3.58. The van der Waals surface area contributed by atoms with Gasteiger partial charge in [0.1, 0.15) is 5.82 Å². The van der Waals surface area contributed by atoms with E-state index in [2.05, 4.69) is 16.0 Å². The lowest BCUT2D eigenvalue weighted by Gasteiger charge is -2.21. The van der Waals surface area contributed by atoms with Gasteiger partial charge < -0.3 is 10.6 Å². The Bertz CT molecular complexity index is 520. The molecule has 0 unspecified atom stereocenters. The van der Waals surface area contributed by atoms with E-state index in [-0.39, 0.29) is 15.7 Å². The number of anilines is 1. The number of urea groups is 1. The van der Waals surface area contributed by atoms with Gasteiger partial charge in [0.25, 0.3) is 0 Å². The first kappa shape index (κ1) is 16.5. The first-order valence-corrected chi connectivity index (χ1v) is 6.43. The average Bonchev–Trinajstić information content (AvgIpc) is 2.20. The molecule has 5 nitrogen and oxygen atoms in total. The minimum Gasteiger partial charge on any atom is -0.333 e. The Hall–Kier alpha value is -1.53. The fourth-order valence-electron chi connectivity index (χ4n) is 1.30. The van der Waals surface area contributed by atoms with Gasteiger partial charge >= 0.3 is 6.03 Å². The molecule has 110 valence electrons. The van der Waals surface area contributed by atoms with Crippen molar-refractivity contribution in [3.8, 4) is 0 Å². The molecule has 8 heteroatoms. The molecule has 0 radical (unpaired) electrons. The van der Waals surface area contributed by atoms with Gasteiger partial charge in [0.05, 0.1) is 10.7 Å². The fraction of sp³-hybridized carbons (Fsp3) is 0.333. The van der Waals surface area contributed by atoms with Gasteiger partial charge in [-0.3, -0.25) is 10.7 Å². The second-order valence-corrected chi connectivity index (χ2v) is 5.92. The monoisotopic (exact) mass is 320 g/mol. The fourth-order valence-corrected chi connectivity index (χ4v) is 1.82. The molecule has 0 heterocycles. The van der Waals surface area contributed by atoms with Gasteiger partial charge in [-0.2, -0.15) is 0 Å². The van der Waals surface area contributed by atoms with Gasteiger partial charge in [0, 0.05) is 10.6 Å². The Labute approximate surface area is 126 Å². The number of nitrogens with one attached hydrogen (secondary N) is 4. The molecule has 0 bridgehead atoms. The van der Waals surface area contributed by atoms with Gasteiger partial charge in [-0.1, -0.05) is 23.2 Å². The summed E-state index contributed by atoms with van der Waals surface area (Å²) in [7, 11) is 0. The van der Waals surface area contributed by atoms with E-state index in [1.54, 1.807) is 20.8 Å². The molecule has 20 heavy (non-hydrogen) atoms. The summed E-state index contributed by atoms with van der Waals surface area (Å²) in [5.41, 5.74) is -0.579. The highest BCUT2D eigenvalue weighted by Gasteiger charge is 2.16. The molecule has 0 fully saturated rings. The van der Waals surface area contributed by atoms with Gasteiger partial charge in [0.15, 0.2) is 0 Å². The molecule has 0 aliphatic rings. The van der Waals surface area contributed by atoms with Crippen molar-refractivity contribution in [3.63, 3.8) is 0 Å². The van der Waals surface area contributed by atoms with Gasteiger partial charge in [-0.05, 0) is 32.9 Å². The quantitative estimate of drug-likeness (QED) is 0.471. The van der Waals surface area contributed by atoms with Gasteiger partial charge in [-0.15, -0.1) is 0 Å².